The van der Waals surface area contributed by atoms with Gasteiger partial charge in [0.1, 0.15) is 5.82 Å². The molecule has 0 radical (unpaired) electrons. The van der Waals surface area contributed by atoms with E-state index in [1.807, 2.05) is 11.8 Å². The van der Waals surface area contributed by atoms with Crippen LogP contribution in [0.2, 0.25) is 0 Å². The topological polar surface area (TPSA) is 70.8 Å². The van der Waals surface area contributed by atoms with Crippen LogP contribution in [-0.2, 0) is 4.74 Å². The van der Waals surface area contributed by atoms with Crippen molar-refractivity contribution >= 4 is 17.5 Å². The first-order valence-electron chi connectivity index (χ1n) is 9.39. The molecule has 0 spiro atoms. The molecule has 2 aliphatic rings. The third-order valence-corrected chi connectivity index (χ3v) is 5.61. The van der Waals surface area contributed by atoms with Gasteiger partial charge in [-0.3, -0.25) is 4.90 Å². The van der Waals surface area contributed by atoms with Gasteiger partial charge in [-0.1, -0.05) is 0 Å². The molecule has 1 atom stereocenters. The number of hydrogen-bond acceptors (Lipinski definition) is 5. The number of halogens is 1. The summed E-state index contributed by atoms with van der Waals surface area (Å²) in [5.74, 6) is -0.316. The van der Waals surface area contributed by atoms with Crippen molar-refractivity contribution in [1.29, 1.82) is 0 Å². The average Bonchev–Trinajstić information content (AvgIpc) is 3.02. The first-order chi connectivity index (χ1) is 12.4. The maximum atomic E-state index is 13.2. The van der Waals surface area contributed by atoms with E-state index < -0.39 is 0 Å². The lowest BCUT2D eigenvalue weighted by molar-refractivity contribution is 0.0739. The lowest BCUT2D eigenvalue weighted by Crippen LogP contribution is -2.53. The molecule has 0 saturated carbocycles. The standard InChI is InChI=1S/C19H29FN4O2/c1-3-26-18(25)23-11-8-19(2,13-23)24-9-6-15(7-10-24)22-17-5-4-14(20)12-16(17)21/h4-5,12,15,22H,3,6-11,13,21H2,1-2H3. The highest BCUT2D eigenvalue weighted by atomic mass is 19.1. The highest BCUT2D eigenvalue weighted by Gasteiger charge is 2.42. The number of hydrogen-bond donors (Lipinski definition) is 2. The number of ether oxygens (including phenoxy) is 1. The SMILES string of the molecule is CCOC(=O)N1CCC(C)(N2CCC(Nc3ccc(F)cc3N)CC2)C1. The molecule has 0 aliphatic carbocycles. The summed E-state index contributed by atoms with van der Waals surface area (Å²) in [7, 11) is 0. The normalized spacial score (nSPS) is 24.7. The summed E-state index contributed by atoms with van der Waals surface area (Å²) < 4.78 is 18.3. The Morgan fingerprint density at radius 1 is 1.38 bits per heavy atom. The maximum Gasteiger partial charge on any atom is 0.409 e. The fraction of sp³-hybridized carbons (Fsp3) is 0.632. The van der Waals surface area contributed by atoms with Crippen molar-refractivity contribution in [2.24, 2.45) is 0 Å². The number of carbonyl (C=O) groups excluding carboxylic acids is 1. The van der Waals surface area contributed by atoms with Gasteiger partial charge in [-0.25, -0.2) is 9.18 Å². The van der Waals surface area contributed by atoms with Crippen LogP contribution in [0, 0.1) is 5.82 Å². The number of nitrogens with one attached hydrogen (secondary N) is 1. The molecule has 0 aromatic heterocycles. The van der Waals surface area contributed by atoms with Gasteiger partial charge in [0, 0.05) is 37.8 Å². The number of rotatable bonds is 4. The van der Waals surface area contributed by atoms with Gasteiger partial charge in [-0.15, -0.1) is 0 Å². The fourth-order valence-electron chi connectivity index (χ4n) is 4.02. The highest BCUT2D eigenvalue weighted by Crippen LogP contribution is 2.32. The highest BCUT2D eigenvalue weighted by molar-refractivity contribution is 5.68. The van der Waals surface area contributed by atoms with Crippen LogP contribution in [0.15, 0.2) is 18.2 Å². The molecule has 6 nitrogen and oxygen atoms in total. The van der Waals surface area contributed by atoms with E-state index in [-0.39, 0.29) is 17.4 Å². The van der Waals surface area contributed by atoms with Crippen LogP contribution < -0.4 is 11.1 Å². The number of benzene rings is 1. The Labute approximate surface area is 154 Å². The Bertz CT molecular complexity index is 648. The van der Waals surface area contributed by atoms with E-state index in [1.165, 1.54) is 12.1 Å². The second kappa shape index (κ2) is 7.70. The van der Waals surface area contributed by atoms with Gasteiger partial charge in [0.05, 0.1) is 18.0 Å². The van der Waals surface area contributed by atoms with Crippen LogP contribution in [-0.4, -0.2) is 60.3 Å². The number of piperidine rings is 1. The van der Waals surface area contributed by atoms with Gasteiger partial charge < -0.3 is 20.7 Å². The molecule has 26 heavy (non-hydrogen) atoms. The van der Waals surface area contributed by atoms with Gasteiger partial charge >= 0.3 is 6.09 Å². The van der Waals surface area contributed by atoms with Crippen molar-refractivity contribution in [2.75, 3.05) is 43.8 Å². The van der Waals surface area contributed by atoms with Crippen LogP contribution in [0.5, 0.6) is 0 Å². The molecule has 7 heteroatoms. The molecule has 2 saturated heterocycles. The van der Waals surface area contributed by atoms with Crippen molar-refractivity contribution in [3.05, 3.63) is 24.0 Å². The number of amides is 1. The first kappa shape index (κ1) is 18.8. The Morgan fingerprint density at radius 2 is 2.12 bits per heavy atom. The fourth-order valence-corrected chi connectivity index (χ4v) is 4.02. The van der Waals surface area contributed by atoms with Crippen LogP contribution >= 0.6 is 0 Å². The molecule has 3 rings (SSSR count). The van der Waals surface area contributed by atoms with Gasteiger partial charge in [-0.05, 0) is 51.3 Å². The van der Waals surface area contributed by atoms with Crippen molar-refractivity contribution in [2.45, 2.75) is 44.7 Å². The molecule has 2 fully saturated rings. The zero-order valence-electron chi connectivity index (χ0n) is 15.6. The second-order valence-electron chi connectivity index (χ2n) is 7.50. The molecule has 0 bridgehead atoms. The van der Waals surface area contributed by atoms with E-state index in [9.17, 15) is 9.18 Å². The largest absolute Gasteiger partial charge is 0.450 e. The monoisotopic (exact) mass is 364 g/mol. The third-order valence-electron chi connectivity index (χ3n) is 5.61. The van der Waals surface area contributed by atoms with E-state index in [4.69, 9.17) is 10.5 Å². The third kappa shape index (κ3) is 4.03. The zero-order chi connectivity index (χ0) is 18.7. The van der Waals surface area contributed by atoms with Crippen LogP contribution in [0.1, 0.15) is 33.1 Å². The van der Waals surface area contributed by atoms with Gasteiger partial charge in [-0.2, -0.15) is 0 Å². The van der Waals surface area contributed by atoms with Crippen molar-refractivity contribution < 1.29 is 13.9 Å². The van der Waals surface area contributed by atoms with E-state index in [0.717, 1.165) is 51.1 Å². The van der Waals surface area contributed by atoms with Crippen LogP contribution in [0.4, 0.5) is 20.6 Å². The predicted octanol–water partition coefficient (Wildman–Crippen LogP) is 2.91. The molecule has 1 unspecified atom stereocenters. The molecule has 3 N–H and O–H groups in total. The van der Waals surface area contributed by atoms with Gasteiger partial charge in [0.2, 0.25) is 0 Å². The van der Waals surface area contributed by atoms with Crippen LogP contribution in [0.3, 0.4) is 0 Å². The minimum Gasteiger partial charge on any atom is -0.450 e. The minimum absolute atomic E-state index is 0.00658. The summed E-state index contributed by atoms with van der Waals surface area (Å²) in [6.07, 6.45) is 2.74. The molecule has 144 valence electrons. The summed E-state index contributed by atoms with van der Waals surface area (Å²) in [5, 5.41) is 3.44. The van der Waals surface area contributed by atoms with Crippen molar-refractivity contribution in [1.82, 2.24) is 9.80 Å². The number of likely N-dealkylation sites (tertiary alicyclic amines) is 2. The molecule has 2 heterocycles. The summed E-state index contributed by atoms with van der Waals surface area (Å²) >= 11 is 0. The van der Waals surface area contributed by atoms with Crippen molar-refractivity contribution in [3.63, 3.8) is 0 Å². The van der Waals surface area contributed by atoms with Crippen LogP contribution in [0.25, 0.3) is 0 Å². The lowest BCUT2D eigenvalue weighted by Gasteiger charge is -2.43. The predicted molar refractivity (Wildman–Crippen MR) is 101 cm³/mol. The molecule has 1 amide bonds. The summed E-state index contributed by atoms with van der Waals surface area (Å²) in [6.45, 7) is 7.87. The summed E-state index contributed by atoms with van der Waals surface area (Å²) in [5.41, 5.74) is 7.14. The average molecular weight is 364 g/mol. The number of nitrogen functional groups attached to an aromatic ring is 1. The second-order valence-corrected chi connectivity index (χ2v) is 7.50. The molecule has 1 aromatic carbocycles. The summed E-state index contributed by atoms with van der Waals surface area (Å²) in [4.78, 5) is 16.3. The Balaban J connectivity index is 1.53. The molecular formula is C19H29FN4O2. The molecule has 2 aliphatic heterocycles. The number of nitrogens with two attached hydrogens (primary N) is 1. The maximum absolute atomic E-state index is 13.2. The Morgan fingerprint density at radius 3 is 2.77 bits per heavy atom. The quantitative estimate of drug-likeness (QED) is 0.804. The first-order valence-corrected chi connectivity index (χ1v) is 9.39. The lowest BCUT2D eigenvalue weighted by atomic mass is 9.94. The van der Waals surface area contributed by atoms with Gasteiger partial charge in [0.25, 0.3) is 0 Å². The minimum atomic E-state index is -0.316. The van der Waals surface area contributed by atoms with E-state index >= 15 is 0 Å². The van der Waals surface area contributed by atoms with E-state index in [0.29, 0.717) is 18.3 Å². The van der Waals surface area contributed by atoms with Gasteiger partial charge in [0.15, 0.2) is 0 Å². The molecule has 1 aromatic rings. The van der Waals surface area contributed by atoms with E-state index in [2.05, 4.69) is 17.1 Å². The smallest absolute Gasteiger partial charge is 0.409 e. The van der Waals surface area contributed by atoms with Crippen molar-refractivity contribution in [3.8, 4) is 0 Å². The Kier molecular flexibility index (Phi) is 5.55. The zero-order valence-corrected chi connectivity index (χ0v) is 15.6. The van der Waals surface area contributed by atoms with E-state index in [1.54, 1.807) is 6.07 Å². The number of nitrogens with zero attached hydrogens (tertiary/aromatic N) is 2. The summed E-state index contributed by atoms with van der Waals surface area (Å²) in [6, 6.07) is 4.80. The molecular weight excluding hydrogens is 335 g/mol. The number of anilines is 2. The number of carbonyl (C=O) groups is 1. The Hall–Kier alpha value is -2.02.